The molecule has 0 aromatic carbocycles. The molecule has 2 N–H and O–H groups in total. The second-order valence-corrected chi connectivity index (χ2v) is 6.76. The van der Waals surface area contributed by atoms with Gasteiger partial charge in [-0.05, 0) is 24.8 Å². The molecule has 7 heteroatoms. The van der Waals surface area contributed by atoms with Crippen molar-refractivity contribution in [3.8, 4) is 0 Å². The first-order valence-electron chi connectivity index (χ1n) is 8.19. The van der Waals surface area contributed by atoms with Crippen LogP contribution in [0.5, 0.6) is 0 Å². The number of nitrogens with zero attached hydrogens (tertiary/aromatic N) is 3. The van der Waals surface area contributed by atoms with Crippen molar-refractivity contribution in [2.75, 3.05) is 19.6 Å². The van der Waals surface area contributed by atoms with E-state index in [1.54, 1.807) is 0 Å². The van der Waals surface area contributed by atoms with Gasteiger partial charge in [0.15, 0.2) is 0 Å². The van der Waals surface area contributed by atoms with Crippen molar-refractivity contribution in [2.45, 2.75) is 44.8 Å². The number of aryl methyl sites for hydroxylation is 1. The fourth-order valence-corrected chi connectivity index (χ4v) is 3.02. The van der Waals surface area contributed by atoms with E-state index >= 15 is 0 Å². The number of rotatable bonds is 7. The first-order valence-corrected chi connectivity index (χ1v) is 8.19. The van der Waals surface area contributed by atoms with Gasteiger partial charge in [0, 0.05) is 32.1 Å². The number of aromatic nitrogens is 2. The summed E-state index contributed by atoms with van der Waals surface area (Å²) in [5.74, 6) is -0.0437. The molecule has 126 valence electrons. The van der Waals surface area contributed by atoms with Gasteiger partial charge >= 0.3 is 0 Å². The molecule has 23 heavy (non-hydrogen) atoms. The predicted molar refractivity (Wildman–Crippen MR) is 83.8 cm³/mol. The van der Waals surface area contributed by atoms with Crippen molar-refractivity contribution < 1.29 is 9.18 Å². The van der Waals surface area contributed by atoms with Gasteiger partial charge in [0.25, 0.3) is 5.56 Å². The minimum atomic E-state index is -0.726. The van der Waals surface area contributed by atoms with Gasteiger partial charge in [-0.3, -0.25) is 14.5 Å². The Morgan fingerprint density at radius 3 is 2.74 bits per heavy atom. The standard InChI is InChI=1S/C16H23FN4O2/c1-10-6-15(22)21(14(16(18)23)7-11-2-3-11)19-13(10)4-5-20-8-12(17)9-20/h6,11-12,14H,2-5,7-9H2,1H3,(H2,18,23)/t14-/m0/s1. The molecule has 1 aliphatic heterocycles. The number of carbonyl (C=O) groups is 1. The lowest BCUT2D eigenvalue weighted by Crippen LogP contribution is -2.49. The van der Waals surface area contributed by atoms with Crippen LogP contribution in [0.2, 0.25) is 0 Å². The fourth-order valence-electron chi connectivity index (χ4n) is 3.02. The highest BCUT2D eigenvalue weighted by atomic mass is 19.1. The second kappa shape index (κ2) is 6.39. The number of alkyl halides is 1. The van der Waals surface area contributed by atoms with E-state index in [1.165, 1.54) is 10.7 Å². The summed E-state index contributed by atoms with van der Waals surface area (Å²) in [5, 5.41) is 4.41. The minimum Gasteiger partial charge on any atom is -0.368 e. The minimum absolute atomic E-state index is 0.288. The van der Waals surface area contributed by atoms with Crippen molar-refractivity contribution in [3.05, 3.63) is 27.7 Å². The lowest BCUT2D eigenvalue weighted by Gasteiger charge is -2.34. The third kappa shape index (κ3) is 3.77. The van der Waals surface area contributed by atoms with E-state index in [0.29, 0.717) is 38.4 Å². The molecule has 1 saturated heterocycles. The summed E-state index contributed by atoms with van der Waals surface area (Å²) in [6, 6.07) is 0.841. The van der Waals surface area contributed by atoms with Crippen LogP contribution in [-0.2, 0) is 11.2 Å². The Hall–Kier alpha value is -1.76. The summed E-state index contributed by atoms with van der Waals surface area (Å²) < 4.78 is 14.1. The van der Waals surface area contributed by atoms with Gasteiger partial charge in [0.05, 0.1) is 5.69 Å². The molecule has 0 spiro atoms. The third-order valence-corrected chi connectivity index (χ3v) is 4.70. The van der Waals surface area contributed by atoms with E-state index in [9.17, 15) is 14.0 Å². The number of likely N-dealkylation sites (tertiary alicyclic amines) is 1. The highest BCUT2D eigenvalue weighted by molar-refractivity contribution is 5.78. The van der Waals surface area contributed by atoms with Gasteiger partial charge in [-0.15, -0.1) is 0 Å². The number of hydrogen-bond donors (Lipinski definition) is 1. The molecule has 2 heterocycles. The maximum Gasteiger partial charge on any atom is 0.267 e. The van der Waals surface area contributed by atoms with Crippen molar-refractivity contribution in [1.29, 1.82) is 0 Å². The average Bonchev–Trinajstić information content (AvgIpc) is 3.25. The lowest BCUT2D eigenvalue weighted by molar-refractivity contribution is -0.121. The Morgan fingerprint density at radius 2 is 2.17 bits per heavy atom. The van der Waals surface area contributed by atoms with Crippen molar-refractivity contribution in [3.63, 3.8) is 0 Å². The number of carbonyl (C=O) groups excluding carboxylic acids is 1. The van der Waals surface area contributed by atoms with E-state index in [0.717, 1.165) is 24.1 Å². The average molecular weight is 322 g/mol. The molecule has 0 unspecified atom stereocenters. The van der Waals surface area contributed by atoms with E-state index in [2.05, 4.69) is 5.10 Å². The van der Waals surface area contributed by atoms with Crippen LogP contribution in [-0.4, -0.2) is 46.4 Å². The quantitative estimate of drug-likeness (QED) is 0.796. The molecular weight excluding hydrogens is 299 g/mol. The summed E-state index contributed by atoms with van der Waals surface area (Å²) in [7, 11) is 0. The molecule has 0 bridgehead atoms. The lowest BCUT2D eigenvalue weighted by atomic mass is 10.1. The Bertz CT molecular complexity index is 650. The molecule has 2 fully saturated rings. The maximum absolute atomic E-state index is 12.9. The van der Waals surface area contributed by atoms with E-state index in [1.807, 2.05) is 11.8 Å². The van der Waals surface area contributed by atoms with Crippen molar-refractivity contribution in [2.24, 2.45) is 11.7 Å². The van der Waals surface area contributed by atoms with E-state index < -0.39 is 18.1 Å². The Balaban J connectivity index is 1.77. The summed E-state index contributed by atoms with van der Waals surface area (Å²) in [6.07, 6.45) is 2.65. The first kappa shape index (κ1) is 16.1. The largest absolute Gasteiger partial charge is 0.368 e. The molecule has 1 amide bonds. The van der Waals surface area contributed by atoms with Gasteiger partial charge in [0.1, 0.15) is 12.2 Å². The van der Waals surface area contributed by atoms with Crippen LogP contribution in [0.15, 0.2) is 10.9 Å². The fraction of sp³-hybridized carbons (Fsp3) is 0.688. The molecule has 6 nitrogen and oxygen atoms in total. The molecule has 1 atom stereocenters. The SMILES string of the molecule is Cc1cc(=O)n([C@@H](CC2CC2)C(N)=O)nc1CCN1CC(F)C1. The number of nitrogens with two attached hydrogens (primary N) is 1. The number of halogens is 1. The van der Waals surface area contributed by atoms with Crippen LogP contribution < -0.4 is 11.3 Å². The van der Waals surface area contributed by atoms with Crippen LogP contribution >= 0.6 is 0 Å². The Labute approximate surface area is 134 Å². The summed E-state index contributed by atoms with van der Waals surface area (Å²) in [5.41, 5.74) is 6.77. The normalized spacial score (nSPS) is 20.3. The molecule has 3 rings (SSSR count). The predicted octanol–water partition coefficient (Wildman–Crippen LogP) is 0.574. The monoisotopic (exact) mass is 322 g/mol. The number of amides is 1. The molecule has 1 aromatic heterocycles. The molecule has 1 saturated carbocycles. The van der Waals surface area contributed by atoms with Crippen molar-refractivity contribution >= 4 is 5.91 Å². The third-order valence-electron chi connectivity index (χ3n) is 4.70. The number of primary amides is 1. The first-order chi connectivity index (χ1) is 10.9. The van der Waals surface area contributed by atoms with Gasteiger partial charge in [0.2, 0.25) is 5.91 Å². The van der Waals surface area contributed by atoms with Crippen LogP contribution in [0.3, 0.4) is 0 Å². The summed E-state index contributed by atoms with van der Waals surface area (Å²) >= 11 is 0. The number of hydrogen-bond acceptors (Lipinski definition) is 4. The highest BCUT2D eigenvalue weighted by Gasteiger charge is 2.31. The zero-order valence-corrected chi connectivity index (χ0v) is 13.4. The Kier molecular flexibility index (Phi) is 4.48. The molecular formula is C16H23FN4O2. The molecule has 0 radical (unpaired) electrons. The zero-order valence-electron chi connectivity index (χ0n) is 13.4. The van der Waals surface area contributed by atoms with E-state index in [4.69, 9.17) is 5.73 Å². The molecule has 1 aliphatic carbocycles. The smallest absolute Gasteiger partial charge is 0.267 e. The van der Waals surface area contributed by atoms with E-state index in [-0.39, 0.29) is 5.56 Å². The summed E-state index contributed by atoms with van der Waals surface area (Å²) in [6.45, 7) is 3.47. The molecule has 2 aliphatic rings. The van der Waals surface area contributed by atoms with Crippen molar-refractivity contribution in [1.82, 2.24) is 14.7 Å². The van der Waals surface area contributed by atoms with Crippen LogP contribution in [0.25, 0.3) is 0 Å². The van der Waals surface area contributed by atoms with Gasteiger partial charge in [-0.1, -0.05) is 12.8 Å². The topological polar surface area (TPSA) is 81.2 Å². The summed E-state index contributed by atoms with van der Waals surface area (Å²) in [4.78, 5) is 26.0. The highest BCUT2D eigenvalue weighted by Crippen LogP contribution is 2.36. The van der Waals surface area contributed by atoms with Gasteiger partial charge in [-0.2, -0.15) is 5.10 Å². The zero-order chi connectivity index (χ0) is 16.6. The molecule has 1 aromatic rings. The Morgan fingerprint density at radius 1 is 1.48 bits per heavy atom. The van der Waals surface area contributed by atoms with Gasteiger partial charge < -0.3 is 5.73 Å². The van der Waals surface area contributed by atoms with Gasteiger partial charge in [-0.25, -0.2) is 9.07 Å². The van der Waals surface area contributed by atoms with Crippen LogP contribution in [0.1, 0.15) is 36.6 Å². The maximum atomic E-state index is 12.9. The van der Waals surface area contributed by atoms with Crippen LogP contribution in [0.4, 0.5) is 4.39 Å². The van der Waals surface area contributed by atoms with Crippen LogP contribution in [0, 0.1) is 12.8 Å². The second-order valence-electron chi connectivity index (χ2n) is 6.76.